The molecule has 0 saturated heterocycles. The monoisotopic (exact) mass is 463 g/mol. The first-order valence-corrected chi connectivity index (χ1v) is 11.9. The second-order valence-corrected chi connectivity index (χ2v) is 9.26. The van der Waals surface area contributed by atoms with E-state index < -0.39 is 0 Å². The number of nitriles is 1. The summed E-state index contributed by atoms with van der Waals surface area (Å²) in [6.07, 6.45) is -0.299. The second kappa shape index (κ2) is 11.0. The van der Waals surface area contributed by atoms with Crippen LogP contribution in [0.5, 0.6) is 5.75 Å². The van der Waals surface area contributed by atoms with E-state index in [1.165, 1.54) is 17.3 Å². The number of nitrogens with zero attached hydrogens (tertiary/aromatic N) is 4. The molecule has 33 heavy (non-hydrogen) atoms. The Morgan fingerprint density at radius 2 is 1.73 bits per heavy atom. The number of amides is 1. The van der Waals surface area contributed by atoms with Crippen molar-refractivity contribution in [3.63, 3.8) is 0 Å². The minimum atomic E-state index is -0.299. The first kappa shape index (κ1) is 24.3. The molecule has 3 rings (SSSR count). The van der Waals surface area contributed by atoms with Gasteiger partial charge in [0.1, 0.15) is 5.75 Å². The molecule has 1 aromatic heterocycles. The molecule has 8 heteroatoms. The van der Waals surface area contributed by atoms with Gasteiger partial charge in [-0.05, 0) is 68.7 Å². The van der Waals surface area contributed by atoms with Crippen LogP contribution in [0.25, 0.3) is 0 Å². The highest BCUT2D eigenvalue weighted by Gasteiger charge is 2.22. The smallest absolute Gasteiger partial charge is 0.234 e. The van der Waals surface area contributed by atoms with Gasteiger partial charge in [0.15, 0.2) is 17.1 Å². The fraction of sp³-hybridized carbons (Fsp3) is 0.360. The van der Waals surface area contributed by atoms with Crippen LogP contribution in [-0.2, 0) is 4.79 Å². The van der Waals surface area contributed by atoms with Crippen molar-refractivity contribution in [3.05, 3.63) is 65.5 Å². The Bertz CT molecular complexity index is 1120. The van der Waals surface area contributed by atoms with Crippen molar-refractivity contribution in [1.29, 1.82) is 5.26 Å². The van der Waals surface area contributed by atoms with Gasteiger partial charge in [-0.15, -0.1) is 10.2 Å². The molecule has 0 saturated carbocycles. The molecule has 0 aliphatic carbocycles. The molecule has 1 atom stereocenters. The Hall–Kier alpha value is -3.31. The maximum atomic E-state index is 12.4. The highest BCUT2D eigenvalue weighted by molar-refractivity contribution is 7.99. The molecule has 2 aromatic carbocycles. The van der Waals surface area contributed by atoms with Crippen LogP contribution >= 0.6 is 11.8 Å². The van der Waals surface area contributed by atoms with Crippen molar-refractivity contribution < 1.29 is 9.53 Å². The highest BCUT2D eigenvalue weighted by Crippen LogP contribution is 2.28. The van der Waals surface area contributed by atoms with Crippen LogP contribution in [0.15, 0.2) is 53.7 Å². The van der Waals surface area contributed by atoms with E-state index in [2.05, 4.69) is 61.4 Å². The lowest BCUT2D eigenvalue weighted by Crippen LogP contribution is -2.16. The Labute approximate surface area is 199 Å². The number of hydrogen-bond donors (Lipinski definition) is 1. The number of carbonyl (C=O) groups excluding carboxylic acids is 1. The summed E-state index contributed by atoms with van der Waals surface area (Å²) in [4.78, 5) is 12.4. The minimum Gasteiger partial charge on any atom is -0.483 e. The molecular weight excluding hydrogens is 434 g/mol. The van der Waals surface area contributed by atoms with E-state index in [1.54, 1.807) is 24.3 Å². The maximum Gasteiger partial charge on any atom is 0.234 e. The van der Waals surface area contributed by atoms with Crippen LogP contribution in [0.1, 0.15) is 69.6 Å². The van der Waals surface area contributed by atoms with E-state index >= 15 is 0 Å². The zero-order valence-corrected chi connectivity index (χ0v) is 20.4. The predicted molar refractivity (Wildman–Crippen MR) is 130 cm³/mol. The fourth-order valence-electron chi connectivity index (χ4n) is 3.29. The van der Waals surface area contributed by atoms with Crippen molar-refractivity contribution in [2.24, 2.45) is 0 Å². The molecule has 0 spiro atoms. The lowest BCUT2D eigenvalue weighted by Gasteiger charge is -2.19. The van der Waals surface area contributed by atoms with E-state index in [4.69, 9.17) is 10.00 Å². The number of anilines is 1. The van der Waals surface area contributed by atoms with Crippen LogP contribution in [0.3, 0.4) is 0 Å². The van der Waals surface area contributed by atoms with Gasteiger partial charge >= 0.3 is 0 Å². The largest absolute Gasteiger partial charge is 0.483 e. The molecule has 1 N–H and O–H groups in total. The van der Waals surface area contributed by atoms with Crippen LogP contribution in [0.4, 0.5) is 5.69 Å². The van der Waals surface area contributed by atoms with Crippen molar-refractivity contribution >= 4 is 23.4 Å². The summed E-state index contributed by atoms with van der Waals surface area (Å²) in [6.45, 7) is 10.4. The summed E-state index contributed by atoms with van der Waals surface area (Å²) in [5.74, 6) is 2.00. The van der Waals surface area contributed by atoms with Gasteiger partial charge in [0.05, 0.1) is 17.4 Å². The maximum absolute atomic E-state index is 12.4. The third-order valence-corrected chi connectivity index (χ3v) is 6.00. The molecule has 0 fully saturated rings. The summed E-state index contributed by atoms with van der Waals surface area (Å²) in [5, 5.41) is 21.1. The van der Waals surface area contributed by atoms with Crippen molar-refractivity contribution in [2.45, 2.75) is 57.8 Å². The Balaban J connectivity index is 1.65. The number of carbonyl (C=O) groups is 1. The van der Waals surface area contributed by atoms with Crippen LogP contribution in [0, 0.1) is 11.3 Å². The molecule has 1 heterocycles. The summed E-state index contributed by atoms with van der Waals surface area (Å²) in [5.41, 5.74) is 2.46. The average molecular weight is 464 g/mol. The second-order valence-electron chi connectivity index (χ2n) is 8.31. The molecule has 7 nitrogen and oxygen atoms in total. The first-order chi connectivity index (χ1) is 15.8. The molecule has 0 aliphatic rings. The molecular formula is C25H29N5O2S. The molecule has 1 amide bonds. The normalized spacial score (nSPS) is 11.9. The molecule has 172 valence electrons. The molecule has 0 aliphatic heterocycles. The van der Waals surface area contributed by atoms with Gasteiger partial charge in [-0.25, -0.2) is 0 Å². The minimum absolute atomic E-state index is 0.105. The van der Waals surface area contributed by atoms with Gasteiger partial charge in [-0.1, -0.05) is 37.7 Å². The first-order valence-electron chi connectivity index (χ1n) is 10.9. The molecule has 1 unspecified atom stereocenters. The highest BCUT2D eigenvalue weighted by atomic mass is 32.2. The van der Waals surface area contributed by atoms with Gasteiger partial charge in [0.25, 0.3) is 0 Å². The van der Waals surface area contributed by atoms with Crippen LogP contribution in [0.2, 0.25) is 0 Å². The zero-order valence-electron chi connectivity index (χ0n) is 19.6. The van der Waals surface area contributed by atoms with E-state index in [9.17, 15) is 4.79 Å². The summed E-state index contributed by atoms with van der Waals surface area (Å²) < 4.78 is 8.13. The third kappa shape index (κ3) is 6.36. The third-order valence-electron chi connectivity index (χ3n) is 5.06. The SMILES string of the molecule is CC(C)c1ccc(OC(C)c2nnc(SCC(=O)Nc3ccc(C#N)cc3)n2C(C)C)cc1. The standard InChI is InChI=1S/C25H29N5O2S/c1-16(2)20-8-12-22(13-9-20)32-18(5)24-28-29-25(30(24)17(3)4)33-15-23(31)27-21-10-6-19(14-26)7-11-21/h6-13,16-18H,15H2,1-5H3,(H,27,31). The summed E-state index contributed by atoms with van der Waals surface area (Å²) in [6, 6.07) is 17.0. The van der Waals surface area contributed by atoms with E-state index in [1.807, 2.05) is 23.6 Å². The molecule has 3 aromatic rings. The number of nitrogens with one attached hydrogen (secondary N) is 1. The van der Waals surface area contributed by atoms with Gasteiger partial charge in [-0.3, -0.25) is 4.79 Å². The number of aromatic nitrogens is 3. The summed E-state index contributed by atoms with van der Waals surface area (Å²) in [7, 11) is 0. The Kier molecular flexibility index (Phi) is 8.12. The van der Waals surface area contributed by atoms with E-state index in [0.717, 1.165) is 5.75 Å². The van der Waals surface area contributed by atoms with Crippen molar-refractivity contribution in [1.82, 2.24) is 14.8 Å². The number of rotatable bonds is 9. The topological polar surface area (TPSA) is 92.8 Å². The number of benzene rings is 2. The molecule has 0 radical (unpaired) electrons. The van der Waals surface area contributed by atoms with Crippen LogP contribution in [-0.4, -0.2) is 26.4 Å². The van der Waals surface area contributed by atoms with Crippen molar-refractivity contribution in [3.8, 4) is 11.8 Å². The average Bonchev–Trinajstić information content (AvgIpc) is 3.23. The predicted octanol–water partition coefficient (Wildman–Crippen LogP) is 5.72. The number of ether oxygens (including phenoxy) is 1. The quantitative estimate of drug-likeness (QED) is 0.408. The number of hydrogen-bond acceptors (Lipinski definition) is 6. The summed E-state index contributed by atoms with van der Waals surface area (Å²) >= 11 is 1.33. The zero-order chi connectivity index (χ0) is 24.0. The van der Waals surface area contributed by atoms with Crippen LogP contribution < -0.4 is 10.1 Å². The van der Waals surface area contributed by atoms with Gasteiger partial charge in [0.2, 0.25) is 5.91 Å². The Morgan fingerprint density at radius 3 is 2.30 bits per heavy atom. The van der Waals surface area contributed by atoms with E-state index in [0.29, 0.717) is 28.1 Å². The van der Waals surface area contributed by atoms with Crippen molar-refractivity contribution in [2.75, 3.05) is 11.1 Å². The van der Waals surface area contributed by atoms with Gasteiger partial charge < -0.3 is 14.6 Å². The van der Waals surface area contributed by atoms with Gasteiger partial charge in [-0.2, -0.15) is 5.26 Å². The lowest BCUT2D eigenvalue weighted by atomic mass is 10.0. The lowest BCUT2D eigenvalue weighted by molar-refractivity contribution is -0.113. The number of thioether (sulfide) groups is 1. The molecule has 0 bridgehead atoms. The van der Waals surface area contributed by atoms with Gasteiger partial charge in [0, 0.05) is 11.7 Å². The fourth-order valence-corrected chi connectivity index (χ4v) is 4.17. The van der Waals surface area contributed by atoms with E-state index in [-0.39, 0.29) is 23.8 Å². The Morgan fingerprint density at radius 1 is 1.06 bits per heavy atom.